The molecule has 110 valence electrons. The number of carbonyl (C=O) groups excluding carboxylic acids is 1. The van der Waals surface area contributed by atoms with Crippen molar-refractivity contribution in [3.05, 3.63) is 29.8 Å². The van der Waals surface area contributed by atoms with Crippen LogP contribution >= 0.6 is 0 Å². The summed E-state index contributed by atoms with van der Waals surface area (Å²) in [5.41, 5.74) is -0.148. The molecule has 0 saturated carbocycles. The number of ether oxygens (including phenoxy) is 1. The predicted octanol–water partition coefficient (Wildman–Crippen LogP) is 2.32. The molecule has 1 aliphatic heterocycles. The number of rotatable bonds is 4. The van der Waals surface area contributed by atoms with Crippen molar-refractivity contribution in [3.8, 4) is 5.75 Å². The average molecular weight is 277 g/mol. The number of β-amino-alcohol motifs (C(OH)–C–C–N with tert-alkyl or cyclic N) is 1. The van der Waals surface area contributed by atoms with Crippen LogP contribution < -0.4 is 4.74 Å². The zero-order chi connectivity index (χ0) is 14.8. The smallest absolute Gasteiger partial charge is 0.254 e. The van der Waals surface area contributed by atoms with E-state index in [9.17, 15) is 9.90 Å². The maximum Gasteiger partial charge on any atom is 0.254 e. The Morgan fingerprint density at radius 2 is 2.25 bits per heavy atom. The molecule has 0 aromatic heterocycles. The van der Waals surface area contributed by atoms with Gasteiger partial charge in [0.05, 0.1) is 12.2 Å². The fourth-order valence-electron chi connectivity index (χ4n) is 2.28. The molecule has 1 fully saturated rings. The van der Waals surface area contributed by atoms with E-state index in [0.29, 0.717) is 37.6 Å². The molecule has 1 aliphatic rings. The van der Waals surface area contributed by atoms with Crippen molar-refractivity contribution in [1.29, 1.82) is 0 Å². The third-order valence-electron chi connectivity index (χ3n) is 3.40. The monoisotopic (exact) mass is 277 g/mol. The van der Waals surface area contributed by atoms with Gasteiger partial charge in [0.25, 0.3) is 5.91 Å². The quantitative estimate of drug-likeness (QED) is 0.919. The van der Waals surface area contributed by atoms with Crippen molar-refractivity contribution in [1.82, 2.24) is 4.90 Å². The minimum Gasteiger partial charge on any atom is -0.493 e. The summed E-state index contributed by atoms with van der Waals surface area (Å²) in [5, 5.41) is 9.94. The standard InChI is InChI=1S/C16H23NO3/c1-12(2)10-20-14-6-4-5-13(9-14)15(18)17-8-7-16(3,19)11-17/h4-6,9,12,19H,7-8,10-11H2,1-3H3. The molecule has 1 atom stereocenters. The van der Waals surface area contributed by atoms with Gasteiger partial charge in [-0.3, -0.25) is 4.79 Å². The van der Waals surface area contributed by atoms with Crippen LogP contribution in [0.3, 0.4) is 0 Å². The number of nitrogens with zero attached hydrogens (tertiary/aromatic N) is 1. The first kappa shape index (κ1) is 14.9. The summed E-state index contributed by atoms with van der Waals surface area (Å²) >= 11 is 0. The third-order valence-corrected chi connectivity index (χ3v) is 3.40. The lowest BCUT2D eigenvalue weighted by Gasteiger charge is -2.19. The van der Waals surface area contributed by atoms with Crippen LogP contribution in [-0.2, 0) is 0 Å². The van der Waals surface area contributed by atoms with E-state index in [1.807, 2.05) is 12.1 Å². The second-order valence-corrected chi connectivity index (χ2v) is 6.21. The van der Waals surface area contributed by atoms with Crippen molar-refractivity contribution in [3.63, 3.8) is 0 Å². The fourth-order valence-corrected chi connectivity index (χ4v) is 2.28. The van der Waals surface area contributed by atoms with E-state index >= 15 is 0 Å². The van der Waals surface area contributed by atoms with Gasteiger partial charge in [0, 0.05) is 18.7 Å². The SMILES string of the molecule is CC(C)COc1cccc(C(=O)N2CCC(C)(O)C2)c1. The van der Waals surface area contributed by atoms with Gasteiger partial charge in [-0.1, -0.05) is 19.9 Å². The second-order valence-electron chi connectivity index (χ2n) is 6.21. The molecule has 1 aromatic carbocycles. The molecule has 1 N–H and O–H groups in total. The van der Waals surface area contributed by atoms with Gasteiger partial charge in [-0.15, -0.1) is 0 Å². The third kappa shape index (κ3) is 3.73. The number of hydrogen-bond donors (Lipinski definition) is 1. The number of hydrogen-bond acceptors (Lipinski definition) is 3. The van der Waals surface area contributed by atoms with Gasteiger partial charge < -0.3 is 14.7 Å². The first-order valence-electron chi connectivity index (χ1n) is 7.12. The Morgan fingerprint density at radius 1 is 1.50 bits per heavy atom. The first-order chi connectivity index (χ1) is 9.37. The van der Waals surface area contributed by atoms with Gasteiger partial charge in [-0.2, -0.15) is 0 Å². The molecule has 4 nitrogen and oxygen atoms in total. The highest BCUT2D eigenvalue weighted by atomic mass is 16.5. The number of amides is 1. The van der Waals surface area contributed by atoms with Gasteiger partial charge in [-0.25, -0.2) is 0 Å². The normalized spacial score (nSPS) is 22.4. The zero-order valence-corrected chi connectivity index (χ0v) is 12.4. The van der Waals surface area contributed by atoms with E-state index in [2.05, 4.69) is 13.8 Å². The molecular weight excluding hydrogens is 254 g/mol. The van der Waals surface area contributed by atoms with E-state index in [1.165, 1.54) is 0 Å². The number of aliphatic hydroxyl groups is 1. The minimum absolute atomic E-state index is 0.0437. The van der Waals surface area contributed by atoms with Gasteiger partial charge >= 0.3 is 0 Å². The van der Waals surface area contributed by atoms with Crippen LogP contribution in [0.4, 0.5) is 0 Å². The molecule has 2 rings (SSSR count). The maximum atomic E-state index is 12.4. The summed E-state index contributed by atoms with van der Waals surface area (Å²) in [6.07, 6.45) is 0.627. The molecule has 1 heterocycles. The van der Waals surface area contributed by atoms with Gasteiger partial charge in [0.15, 0.2) is 0 Å². The molecule has 4 heteroatoms. The van der Waals surface area contributed by atoms with Crippen LogP contribution in [0, 0.1) is 5.92 Å². The van der Waals surface area contributed by atoms with Crippen LogP contribution in [0.1, 0.15) is 37.6 Å². The molecule has 1 unspecified atom stereocenters. The number of carbonyl (C=O) groups is 1. The molecule has 1 saturated heterocycles. The molecule has 1 amide bonds. The molecule has 0 bridgehead atoms. The van der Waals surface area contributed by atoms with E-state index < -0.39 is 5.60 Å². The largest absolute Gasteiger partial charge is 0.493 e. The predicted molar refractivity (Wildman–Crippen MR) is 77.9 cm³/mol. The lowest BCUT2D eigenvalue weighted by molar-refractivity contribution is 0.0572. The highest BCUT2D eigenvalue weighted by Gasteiger charge is 2.34. The van der Waals surface area contributed by atoms with E-state index in [1.54, 1.807) is 24.0 Å². The zero-order valence-electron chi connectivity index (χ0n) is 12.4. The Bertz CT molecular complexity index is 482. The van der Waals surface area contributed by atoms with Gasteiger partial charge in [0.1, 0.15) is 5.75 Å². The molecule has 20 heavy (non-hydrogen) atoms. The summed E-state index contributed by atoms with van der Waals surface area (Å²) in [4.78, 5) is 14.1. The highest BCUT2D eigenvalue weighted by molar-refractivity contribution is 5.94. The van der Waals surface area contributed by atoms with Crippen molar-refractivity contribution in [2.75, 3.05) is 19.7 Å². The summed E-state index contributed by atoms with van der Waals surface area (Å²) in [6, 6.07) is 7.26. The van der Waals surface area contributed by atoms with Crippen molar-refractivity contribution in [2.45, 2.75) is 32.8 Å². The average Bonchev–Trinajstić information content (AvgIpc) is 2.76. The maximum absolute atomic E-state index is 12.4. The van der Waals surface area contributed by atoms with Gasteiger partial charge in [-0.05, 0) is 37.5 Å². The Labute approximate surface area is 120 Å². The minimum atomic E-state index is -0.762. The van der Waals surface area contributed by atoms with Crippen molar-refractivity contribution >= 4 is 5.91 Å². The highest BCUT2D eigenvalue weighted by Crippen LogP contribution is 2.23. The van der Waals surface area contributed by atoms with E-state index in [-0.39, 0.29) is 5.91 Å². The second kappa shape index (κ2) is 5.83. The Hall–Kier alpha value is -1.55. The number of benzene rings is 1. The first-order valence-corrected chi connectivity index (χ1v) is 7.12. The topological polar surface area (TPSA) is 49.8 Å². The van der Waals surface area contributed by atoms with Crippen LogP contribution in [0.25, 0.3) is 0 Å². The van der Waals surface area contributed by atoms with E-state index in [4.69, 9.17) is 4.74 Å². The molecule has 1 aromatic rings. The molecule has 0 radical (unpaired) electrons. The molecule has 0 aliphatic carbocycles. The summed E-state index contributed by atoms with van der Waals surface area (Å²) in [5.74, 6) is 1.12. The Balaban J connectivity index is 2.05. The van der Waals surface area contributed by atoms with Crippen molar-refractivity contribution in [2.24, 2.45) is 5.92 Å². The fraction of sp³-hybridized carbons (Fsp3) is 0.562. The Kier molecular flexibility index (Phi) is 4.33. The van der Waals surface area contributed by atoms with Crippen molar-refractivity contribution < 1.29 is 14.6 Å². The lowest BCUT2D eigenvalue weighted by atomic mass is 10.1. The van der Waals surface area contributed by atoms with Crippen LogP contribution in [0.2, 0.25) is 0 Å². The summed E-state index contributed by atoms with van der Waals surface area (Å²) < 4.78 is 5.64. The summed E-state index contributed by atoms with van der Waals surface area (Å²) in [7, 11) is 0. The summed E-state index contributed by atoms with van der Waals surface area (Å²) in [6.45, 7) is 7.56. The van der Waals surface area contributed by atoms with Gasteiger partial charge in [0.2, 0.25) is 0 Å². The lowest BCUT2D eigenvalue weighted by Crippen LogP contribution is -2.33. The number of likely N-dealkylation sites (tertiary alicyclic amines) is 1. The van der Waals surface area contributed by atoms with Crippen LogP contribution in [0.5, 0.6) is 5.75 Å². The van der Waals surface area contributed by atoms with E-state index in [0.717, 1.165) is 5.75 Å². The molecular formula is C16H23NO3. The van der Waals surface area contributed by atoms with Crippen LogP contribution in [-0.4, -0.2) is 41.2 Å². The Morgan fingerprint density at radius 3 is 2.85 bits per heavy atom. The van der Waals surface area contributed by atoms with Crippen LogP contribution in [0.15, 0.2) is 24.3 Å². The molecule has 0 spiro atoms.